The minimum absolute atomic E-state index is 0.0396. The molecule has 0 amide bonds. The number of benzene rings is 9. The van der Waals surface area contributed by atoms with E-state index in [0.29, 0.717) is 0 Å². The molecule has 80 heavy (non-hydrogen) atoms. The summed E-state index contributed by atoms with van der Waals surface area (Å²) < 4.78 is 0. The van der Waals surface area contributed by atoms with E-state index in [2.05, 4.69) is 288 Å². The second-order valence-electron chi connectivity index (χ2n) is 27.6. The fraction of sp³-hybridized carbons (Fsp3) is 0.256. The first-order valence-electron chi connectivity index (χ1n) is 29.2. The molecule has 0 aromatic heterocycles. The zero-order chi connectivity index (χ0) is 55.5. The molecule has 0 unspecified atom stereocenters. The van der Waals surface area contributed by atoms with E-state index >= 15 is 0 Å². The second kappa shape index (κ2) is 17.6. The zero-order valence-corrected chi connectivity index (χ0v) is 49.6. The molecule has 9 aromatic rings. The topological polar surface area (TPSA) is 3.24 Å². The highest BCUT2D eigenvalue weighted by atomic mass is 32.2. The van der Waals surface area contributed by atoms with E-state index in [0.717, 1.165) is 29.9 Å². The highest BCUT2D eigenvalue weighted by Gasteiger charge is 2.54. The number of nitrogens with zero attached hydrogens (tertiary/aromatic N) is 1. The minimum Gasteiger partial charge on any atom is -0.310 e. The van der Waals surface area contributed by atoms with E-state index < -0.39 is 10.8 Å². The average molecular weight is 1060 g/mol. The summed E-state index contributed by atoms with van der Waals surface area (Å²) in [7, 11) is 0. The molecule has 14 rings (SSSR count). The Balaban J connectivity index is 1.06. The van der Waals surface area contributed by atoms with Crippen molar-refractivity contribution in [1.82, 2.24) is 0 Å². The van der Waals surface area contributed by atoms with Crippen LogP contribution >= 0.6 is 11.8 Å². The lowest BCUT2D eigenvalue weighted by Crippen LogP contribution is -2.33. The molecule has 2 heteroatoms. The fourth-order valence-electron chi connectivity index (χ4n) is 14.3. The van der Waals surface area contributed by atoms with Crippen molar-refractivity contribution in [3.63, 3.8) is 0 Å². The Labute approximate surface area is 480 Å². The van der Waals surface area contributed by atoms with Gasteiger partial charge in [-0.1, -0.05) is 247 Å². The monoisotopic (exact) mass is 1060 g/mol. The van der Waals surface area contributed by atoms with Gasteiger partial charge < -0.3 is 4.90 Å². The van der Waals surface area contributed by atoms with Gasteiger partial charge in [0.05, 0.1) is 10.8 Å². The SMILES string of the molecule is CC(C)(C)c1ccc2c(c1)C1(c3cc(C(C)(C)C)ccc3S2)c2ccccc2-c2ccc(N(c3ccc(C4=CCCC=C4)cc3)c3ccc4c(c3)C3(c5ccccc5-4)c4cc(C(C)(C)C)ccc4-c4ccc(C(C)(C)C)cc43)cc21. The number of hydrogen-bond donors (Lipinski definition) is 0. The fourth-order valence-corrected chi connectivity index (χ4v) is 15.5. The maximum Gasteiger partial charge on any atom is 0.0736 e. The number of fused-ring (bicyclic) bond motifs is 19. The van der Waals surface area contributed by atoms with Crippen LogP contribution in [0.3, 0.4) is 0 Å². The van der Waals surface area contributed by atoms with Gasteiger partial charge in [0.1, 0.15) is 0 Å². The summed E-state index contributed by atoms with van der Waals surface area (Å²) in [5.74, 6) is 0. The van der Waals surface area contributed by atoms with Gasteiger partial charge in [0.25, 0.3) is 0 Å². The molecule has 396 valence electrons. The van der Waals surface area contributed by atoms with Crippen molar-refractivity contribution in [2.75, 3.05) is 4.90 Å². The molecule has 0 radical (unpaired) electrons. The molecule has 1 nitrogen and oxygen atoms in total. The van der Waals surface area contributed by atoms with E-state index in [1.165, 1.54) is 121 Å². The van der Waals surface area contributed by atoms with Crippen LogP contribution < -0.4 is 4.90 Å². The normalized spacial score (nSPS) is 15.8. The molecule has 9 aromatic carbocycles. The number of hydrogen-bond acceptors (Lipinski definition) is 2. The van der Waals surface area contributed by atoms with Crippen LogP contribution in [0.5, 0.6) is 0 Å². The van der Waals surface area contributed by atoms with E-state index in [1.54, 1.807) is 0 Å². The van der Waals surface area contributed by atoms with Gasteiger partial charge in [-0.05, 0) is 194 Å². The summed E-state index contributed by atoms with van der Waals surface area (Å²) in [5.41, 5.74) is 28.9. The lowest BCUT2D eigenvalue weighted by atomic mass is 9.65. The van der Waals surface area contributed by atoms with Gasteiger partial charge in [-0.25, -0.2) is 0 Å². The summed E-state index contributed by atoms with van der Waals surface area (Å²) >= 11 is 1.94. The van der Waals surface area contributed by atoms with Gasteiger partial charge in [-0.15, -0.1) is 0 Å². The first kappa shape index (κ1) is 50.8. The Hall–Kier alpha value is -7.39. The highest BCUT2D eigenvalue weighted by molar-refractivity contribution is 7.99. The van der Waals surface area contributed by atoms with Crippen molar-refractivity contribution in [3.8, 4) is 33.4 Å². The number of anilines is 3. The van der Waals surface area contributed by atoms with Crippen molar-refractivity contribution in [2.45, 2.75) is 138 Å². The molecule has 0 bridgehead atoms. The Kier molecular flexibility index (Phi) is 11.1. The predicted molar refractivity (Wildman–Crippen MR) is 340 cm³/mol. The van der Waals surface area contributed by atoms with Gasteiger partial charge in [0.2, 0.25) is 0 Å². The predicted octanol–water partition coefficient (Wildman–Crippen LogP) is 21.3. The van der Waals surface area contributed by atoms with Crippen LogP contribution in [0.2, 0.25) is 0 Å². The molecule has 1 aliphatic heterocycles. The number of rotatable bonds is 4. The molecule has 1 heterocycles. The zero-order valence-electron chi connectivity index (χ0n) is 48.8. The molecule has 0 saturated carbocycles. The van der Waals surface area contributed by atoms with Crippen LogP contribution in [-0.2, 0) is 32.5 Å². The Morgan fingerprint density at radius 1 is 0.338 bits per heavy atom. The van der Waals surface area contributed by atoms with E-state index in [4.69, 9.17) is 0 Å². The van der Waals surface area contributed by atoms with Gasteiger partial charge in [0.15, 0.2) is 0 Å². The summed E-state index contributed by atoms with van der Waals surface area (Å²) in [6.45, 7) is 28.3. The molecule has 2 spiro atoms. The minimum atomic E-state index is -0.577. The van der Waals surface area contributed by atoms with Crippen molar-refractivity contribution in [3.05, 3.63) is 273 Å². The summed E-state index contributed by atoms with van der Waals surface area (Å²) in [6, 6.07) is 72.5. The van der Waals surface area contributed by atoms with Crippen LogP contribution in [0, 0.1) is 0 Å². The summed E-state index contributed by atoms with van der Waals surface area (Å²) in [6.07, 6.45) is 9.17. The van der Waals surface area contributed by atoms with Gasteiger partial charge >= 0.3 is 0 Å². The standard InChI is InChI=1S/C78H73NS/c1-73(2,3)50-28-36-59-60-37-29-51(74(4,5)6)43-66(60)77(65(59)42-50)63-24-18-16-22-57(63)61-38-34-55(46-67(61)77)79(54-32-26-49(27-33-54)48-20-14-13-15-21-48)56-35-39-62-58-23-17-19-25-64(58)78(68(62)47-56)69-44-52(75(7,8)9)30-40-71(69)80-72-41-31-53(45-70(72)78)76(10,11)12/h14,16-47H,13,15H2,1-12H3. The van der Waals surface area contributed by atoms with Crippen LogP contribution in [0.25, 0.3) is 39.0 Å². The highest BCUT2D eigenvalue weighted by Crippen LogP contribution is 2.66. The third-order valence-electron chi connectivity index (χ3n) is 18.6. The molecule has 0 atom stereocenters. The Morgan fingerprint density at radius 3 is 1.12 bits per heavy atom. The molecule has 5 aliphatic rings. The lowest BCUT2D eigenvalue weighted by molar-refractivity contribution is 0.581. The van der Waals surface area contributed by atoms with Crippen molar-refractivity contribution in [2.24, 2.45) is 0 Å². The number of allylic oxidation sites excluding steroid dienone is 4. The Morgan fingerprint density at radius 2 is 0.700 bits per heavy atom. The maximum atomic E-state index is 2.59. The molecule has 0 saturated heterocycles. The molecule has 0 fully saturated rings. The first-order valence-corrected chi connectivity index (χ1v) is 30.0. The molecule has 0 N–H and O–H groups in total. The Bertz CT molecular complexity index is 4000. The first-order chi connectivity index (χ1) is 38.2. The van der Waals surface area contributed by atoms with E-state index in [1.807, 2.05) is 11.8 Å². The smallest absolute Gasteiger partial charge is 0.0736 e. The lowest BCUT2D eigenvalue weighted by Gasteiger charge is -2.41. The van der Waals surface area contributed by atoms with Crippen molar-refractivity contribution in [1.29, 1.82) is 0 Å². The van der Waals surface area contributed by atoms with Crippen LogP contribution in [-0.4, -0.2) is 0 Å². The van der Waals surface area contributed by atoms with Crippen LogP contribution in [0.15, 0.2) is 210 Å². The quantitative estimate of drug-likeness (QED) is 0.173. The molecule has 4 aliphatic carbocycles. The van der Waals surface area contributed by atoms with Crippen molar-refractivity contribution >= 4 is 34.4 Å². The van der Waals surface area contributed by atoms with Gasteiger partial charge in [0, 0.05) is 26.9 Å². The third-order valence-corrected chi connectivity index (χ3v) is 19.8. The summed E-state index contributed by atoms with van der Waals surface area (Å²) in [4.78, 5) is 5.23. The third kappa shape index (κ3) is 7.43. The van der Waals surface area contributed by atoms with Crippen LogP contribution in [0.1, 0.15) is 168 Å². The van der Waals surface area contributed by atoms with Crippen molar-refractivity contribution < 1.29 is 0 Å². The summed E-state index contributed by atoms with van der Waals surface area (Å²) in [5, 5.41) is 0. The van der Waals surface area contributed by atoms with E-state index in [-0.39, 0.29) is 21.7 Å². The average Bonchev–Trinajstić information content (AvgIpc) is 4.14. The largest absolute Gasteiger partial charge is 0.310 e. The van der Waals surface area contributed by atoms with Gasteiger partial charge in [-0.2, -0.15) is 0 Å². The second-order valence-corrected chi connectivity index (χ2v) is 28.7. The molecular weight excluding hydrogens is 983 g/mol. The maximum absolute atomic E-state index is 2.59. The van der Waals surface area contributed by atoms with Crippen LogP contribution in [0.4, 0.5) is 17.1 Å². The van der Waals surface area contributed by atoms with Gasteiger partial charge in [-0.3, -0.25) is 0 Å². The van der Waals surface area contributed by atoms with E-state index in [9.17, 15) is 0 Å². The molecular formula is C78H73NS.